The minimum atomic E-state index is 0.643. The van der Waals surface area contributed by atoms with Gasteiger partial charge in [-0.1, -0.05) is 37.6 Å². The third-order valence-corrected chi connectivity index (χ3v) is 6.03. The van der Waals surface area contributed by atoms with E-state index < -0.39 is 0 Å². The monoisotopic (exact) mass is 395 g/mol. The second-order valence-electron chi connectivity index (χ2n) is 8.96. The van der Waals surface area contributed by atoms with Crippen molar-refractivity contribution >= 4 is 10.9 Å². The zero-order chi connectivity index (χ0) is 21.4. The predicted octanol–water partition coefficient (Wildman–Crippen LogP) is 6.52. The molecular formula is C28H31N2+. The first-order chi connectivity index (χ1) is 14.3. The van der Waals surface area contributed by atoms with Crippen molar-refractivity contribution < 1.29 is 4.57 Å². The van der Waals surface area contributed by atoms with Crippen LogP contribution in [0.15, 0.2) is 60.8 Å². The number of benzene rings is 2. The molecule has 0 N–H and O–H groups in total. The Kier molecular flexibility index (Phi) is 5.42. The van der Waals surface area contributed by atoms with Crippen LogP contribution in [0.4, 0.5) is 0 Å². The largest absolute Gasteiger partial charge is 0.256 e. The molecule has 152 valence electrons. The normalized spacial score (nSPS) is 11.4. The number of nitrogens with zero attached hydrogens (tertiary/aromatic N) is 2. The lowest BCUT2D eigenvalue weighted by Gasteiger charge is -2.11. The van der Waals surface area contributed by atoms with Crippen molar-refractivity contribution in [1.29, 1.82) is 0 Å². The number of hydrogen-bond donors (Lipinski definition) is 0. The van der Waals surface area contributed by atoms with Crippen molar-refractivity contribution in [2.45, 2.75) is 41.0 Å². The predicted molar refractivity (Wildman–Crippen MR) is 127 cm³/mol. The summed E-state index contributed by atoms with van der Waals surface area (Å²) >= 11 is 0. The van der Waals surface area contributed by atoms with Crippen LogP contribution in [0.3, 0.4) is 0 Å². The molecule has 4 aromatic rings. The summed E-state index contributed by atoms with van der Waals surface area (Å²) in [6.45, 7) is 11.1. The molecule has 0 atom stereocenters. The Labute approximate surface area is 180 Å². The lowest BCUT2D eigenvalue weighted by Crippen LogP contribution is -2.32. The van der Waals surface area contributed by atoms with Crippen molar-refractivity contribution in [2.24, 2.45) is 13.0 Å². The summed E-state index contributed by atoms with van der Waals surface area (Å²) in [5.74, 6) is 0.643. The van der Waals surface area contributed by atoms with Gasteiger partial charge < -0.3 is 0 Å². The van der Waals surface area contributed by atoms with Crippen molar-refractivity contribution in [2.75, 3.05) is 0 Å². The fourth-order valence-electron chi connectivity index (χ4n) is 4.31. The molecule has 0 saturated heterocycles. The Hall–Kier alpha value is -3.00. The van der Waals surface area contributed by atoms with Crippen LogP contribution in [-0.2, 0) is 13.5 Å². The van der Waals surface area contributed by atoms with E-state index in [0.717, 1.165) is 17.7 Å². The Morgan fingerprint density at radius 2 is 1.67 bits per heavy atom. The molecule has 0 unspecified atom stereocenters. The van der Waals surface area contributed by atoms with E-state index in [1.54, 1.807) is 0 Å². The van der Waals surface area contributed by atoms with E-state index in [0.29, 0.717) is 5.92 Å². The zero-order valence-electron chi connectivity index (χ0n) is 19.0. The summed E-state index contributed by atoms with van der Waals surface area (Å²) in [6, 6.07) is 20.0. The van der Waals surface area contributed by atoms with Gasteiger partial charge in [-0.25, -0.2) is 0 Å². The first-order valence-corrected chi connectivity index (χ1v) is 10.8. The van der Waals surface area contributed by atoms with Crippen molar-refractivity contribution in [3.05, 3.63) is 83.0 Å². The number of pyridine rings is 2. The van der Waals surface area contributed by atoms with Gasteiger partial charge in [-0.3, -0.25) is 4.98 Å². The highest BCUT2D eigenvalue weighted by Gasteiger charge is 2.18. The first-order valence-electron chi connectivity index (χ1n) is 10.8. The lowest BCUT2D eigenvalue weighted by molar-refractivity contribution is -0.633. The highest BCUT2D eigenvalue weighted by molar-refractivity contribution is 5.83. The van der Waals surface area contributed by atoms with Gasteiger partial charge in [-0.05, 0) is 74.1 Å². The van der Waals surface area contributed by atoms with Crippen LogP contribution < -0.4 is 4.57 Å². The van der Waals surface area contributed by atoms with Crippen LogP contribution in [0.2, 0.25) is 0 Å². The second-order valence-corrected chi connectivity index (χ2v) is 8.96. The van der Waals surface area contributed by atoms with E-state index in [-0.39, 0.29) is 0 Å². The van der Waals surface area contributed by atoms with Crippen LogP contribution in [-0.4, -0.2) is 4.98 Å². The molecular weight excluding hydrogens is 364 g/mol. The maximum Gasteiger partial charge on any atom is 0.213 e. The molecule has 2 nitrogen and oxygen atoms in total. The average molecular weight is 396 g/mol. The number of rotatable bonds is 4. The molecule has 2 aromatic heterocycles. The maximum absolute atomic E-state index is 4.75. The van der Waals surface area contributed by atoms with Gasteiger partial charge in [-0.2, -0.15) is 4.57 Å². The first kappa shape index (κ1) is 20.3. The van der Waals surface area contributed by atoms with E-state index in [9.17, 15) is 0 Å². The van der Waals surface area contributed by atoms with Gasteiger partial charge in [0.1, 0.15) is 7.05 Å². The molecule has 4 rings (SSSR count). The van der Waals surface area contributed by atoms with Crippen LogP contribution in [0.5, 0.6) is 0 Å². The molecule has 0 aliphatic rings. The maximum atomic E-state index is 4.75. The van der Waals surface area contributed by atoms with Gasteiger partial charge >= 0.3 is 0 Å². The molecule has 0 bridgehead atoms. The summed E-state index contributed by atoms with van der Waals surface area (Å²) < 4.78 is 2.31. The Bertz CT molecular complexity index is 1220. The van der Waals surface area contributed by atoms with E-state index in [2.05, 4.69) is 101 Å². The van der Waals surface area contributed by atoms with E-state index in [1.807, 2.05) is 6.20 Å². The van der Waals surface area contributed by atoms with Crippen LogP contribution in [0.25, 0.3) is 33.4 Å². The van der Waals surface area contributed by atoms with Crippen molar-refractivity contribution in [3.63, 3.8) is 0 Å². The SMILES string of the molecule is Cc1cc(C)c(C)c(-c2ccc3ccc(-c4ccc(CC(C)C)cn4)cc3[n+]2C)c1. The molecule has 0 aliphatic heterocycles. The van der Waals surface area contributed by atoms with Gasteiger partial charge in [0, 0.05) is 34.8 Å². The molecule has 30 heavy (non-hydrogen) atoms. The molecule has 2 aromatic carbocycles. The molecule has 0 radical (unpaired) electrons. The van der Waals surface area contributed by atoms with Gasteiger partial charge in [0.25, 0.3) is 0 Å². The van der Waals surface area contributed by atoms with Crippen LogP contribution >= 0.6 is 0 Å². The highest BCUT2D eigenvalue weighted by Crippen LogP contribution is 2.28. The minimum Gasteiger partial charge on any atom is -0.256 e. The number of aromatic nitrogens is 2. The third kappa shape index (κ3) is 3.87. The number of hydrogen-bond acceptors (Lipinski definition) is 1. The third-order valence-electron chi connectivity index (χ3n) is 6.03. The smallest absolute Gasteiger partial charge is 0.213 e. The summed E-state index contributed by atoms with van der Waals surface area (Å²) in [5, 5.41) is 1.24. The Balaban J connectivity index is 1.80. The molecule has 2 heterocycles. The fourth-order valence-corrected chi connectivity index (χ4v) is 4.31. The summed E-state index contributed by atoms with van der Waals surface area (Å²) in [7, 11) is 2.16. The number of fused-ring (bicyclic) bond motifs is 1. The van der Waals surface area contributed by atoms with Gasteiger partial charge in [0.2, 0.25) is 11.2 Å². The summed E-state index contributed by atoms with van der Waals surface area (Å²) in [6.07, 6.45) is 3.09. The molecule has 2 heteroatoms. The van der Waals surface area contributed by atoms with Gasteiger partial charge in [0.05, 0.1) is 5.69 Å². The molecule has 0 saturated carbocycles. The van der Waals surface area contributed by atoms with Gasteiger partial charge in [0.15, 0.2) is 0 Å². The van der Waals surface area contributed by atoms with Gasteiger partial charge in [-0.15, -0.1) is 0 Å². The van der Waals surface area contributed by atoms with Crippen LogP contribution in [0.1, 0.15) is 36.1 Å². The zero-order valence-corrected chi connectivity index (χ0v) is 19.0. The van der Waals surface area contributed by atoms with E-state index in [1.165, 1.54) is 44.4 Å². The van der Waals surface area contributed by atoms with Crippen molar-refractivity contribution in [1.82, 2.24) is 4.98 Å². The Morgan fingerprint density at radius 3 is 2.37 bits per heavy atom. The standard InChI is InChI=1S/C28H31N2/c1-18(2)13-22-7-11-26(29-17-22)24-9-8-23-10-12-27(30(6)28(23)16-24)25-15-19(3)14-20(4)21(25)5/h7-12,14-18H,13H2,1-6H3/q+1. The second kappa shape index (κ2) is 8.02. The topological polar surface area (TPSA) is 16.8 Å². The van der Waals surface area contributed by atoms with Crippen LogP contribution in [0, 0.1) is 26.7 Å². The lowest BCUT2D eigenvalue weighted by atomic mass is 9.96. The number of aryl methyl sites for hydroxylation is 3. The highest BCUT2D eigenvalue weighted by atomic mass is 14.9. The molecule has 0 spiro atoms. The summed E-state index contributed by atoms with van der Waals surface area (Å²) in [4.78, 5) is 4.75. The minimum absolute atomic E-state index is 0.643. The molecule has 0 amide bonds. The fraction of sp³-hybridized carbons (Fsp3) is 0.286. The summed E-state index contributed by atoms with van der Waals surface area (Å²) in [5.41, 5.74) is 11.2. The molecule has 0 aliphatic carbocycles. The Morgan fingerprint density at radius 1 is 0.900 bits per heavy atom. The average Bonchev–Trinajstić information content (AvgIpc) is 2.71. The quantitative estimate of drug-likeness (QED) is 0.360. The molecule has 0 fully saturated rings. The van der Waals surface area contributed by atoms with E-state index >= 15 is 0 Å². The van der Waals surface area contributed by atoms with Crippen molar-refractivity contribution in [3.8, 4) is 22.5 Å². The van der Waals surface area contributed by atoms with E-state index in [4.69, 9.17) is 4.98 Å².